The number of phenols is 1. The predicted octanol–water partition coefficient (Wildman–Crippen LogP) is 3.66. The Morgan fingerprint density at radius 1 is 1.12 bits per heavy atom. The molecule has 1 unspecified atom stereocenters. The summed E-state index contributed by atoms with van der Waals surface area (Å²) in [5.41, 5.74) is 1.01. The molecule has 1 aromatic carbocycles. The predicted molar refractivity (Wildman–Crippen MR) is 71.2 cm³/mol. The van der Waals surface area contributed by atoms with Gasteiger partial charge in [-0.25, -0.2) is 0 Å². The fourth-order valence-electron chi connectivity index (χ4n) is 2.04. The number of aliphatic hydroxyl groups excluding tert-OH is 1. The first-order valence-corrected chi connectivity index (χ1v) is 6.68. The van der Waals surface area contributed by atoms with E-state index in [0.717, 1.165) is 18.4 Å². The van der Waals surface area contributed by atoms with E-state index in [1.165, 1.54) is 25.7 Å². The van der Waals surface area contributed by atoms with Crippen molar-refractivity contribution >= 4 is 0 Å². The van der Waals surface area contributed by atoms with Gasteiger partial charge in [-0.05, 0) is 30.5 Å². The van der Waals surface area contributed by atoms with Crippen LogP contribution in [0, 0.1) is 0 Å². The van der Waals surface area contributed by atoms with Crippen LogP contribution in [0.3, 0.4) is 0 Å². The van der Waals surface area contributed by atoms with Crippen LogP contribution in [-0.4, -0.2) is 16.3 Å². The Morgan fingerprint density at radius 2 is 1.88 bits per heavy atom. The lowest BCUT2D eigenvalue weighted by Crippen LogP contribution is -2.10. The number of aliphatic hydroxyl groups is 1. The van der Waals surface area contributed by atoms with Gasteiger partial charge in [0, 0.05) is 0 Å². The first-order valence-electron chi connectivity index (χ1n) is 6.68. The molecule has 2 heteroatoms. The molecule has 0 saturated heterocycles. The smallest absolute Gasteiger partial charge is 0.115 e. The van der Waals surface area contributed by atoms with Crippen molar-refractivity contribution in [2.75, 3.05) is 0 Å². The lowest BCUT2D eigenvalue weighted by molar-refractivity contribution is 0.161. The number of benzene rings is 1. The van der Waals surface area contributed by atoms with Gasteiger partial charge in [0.25, 0.3) is 0 Å². The fraction of sp³-hybridized carbons (Fsp3) is 0.600. The molecular weight excluding hydrogens is 212 g/mol. The van der Waals surface area contributed by atoms with E-state index in [-0.39, 0.29) is 11.9 Å². The van der Waals surface area contributed by atoms with Crippen molar-refractivity contribution in [2.24, 2.45) is 0 Å². The van der Waals surface area contributed by atoms with Gasteiger partial charge in [-0.15, -0.1) is 0 Å². The molecule has 2 nitrogen and oxygen atoms in total. The molecule has 17 heavy (non-hydrogen) atoms. The average Bonchev–Trinajstić information content (AvgIpc) is 2.29. The largest absolute Gasteiger partial charge is 0.508 e. The highest BCUT2D eigenvalue weighted by Gasteiger charge is 2.05. The van der Waals surface area contributed by atoms with Gasteiger partial charge in [-0.3, -0.25) is 0 Å². The molecule has 0 aromatic heterocycles. The maximum atomic E-state index is 9.87. The lowest BCUT2D eigenvalue weighted by Gasteiger charge is -2.10. The van der Waals surface area contributed by atoms with Gasteiger partial charge in [0.05, 0.1) is 6.10 Å². The molecular formula is C15H24O2. The SMILES string of the molecule is CCCCCCCC(O)Cc1cccc(O)c1. The van der Waals surface area contributed by atoms with Crippen molar-refractivity contribution in [3.63, 3.8) is 0 Å². The van der Waals surface area contributed by atoms with E-state index < -0.39 is 0 Å². The molecule has 0 aliphatic heterocycles. The molecule has 1 aromatic rings. The highest BCUT2D eigenvalue weighted by atomic mass is 16.3. The highest BCUT2D eigenvalue weighted by Crippen LogP contribution is 2.15. The number of hydrogen-bond acceptors (Lipinski definition) is 2. The van der Waals surface area contributed by atoms with Crippen LogP contribution in [0.1, 0.15) is 51.0 Å². The van der Waals surface area contributed by atoms with E-state index in [1.54, 1.807) is 12.1 Å². The summed E-state index contributed by atoms with van der Waals surface area (Å²) in [6.45, 7) is 2.21. The molecule has 0 bridgehead atoms. The first-order chi connectivity index (χ1) is 8.22. The standard InChI is InChI=1S/C15H24O2/c1-2-3-4-5-6-9-14(16)11-13-8-7-10-15(17)12-13/h7-8,10,12,14,16-17H,2-6,9,11H2,1H3. The minimum Gasteiger partial charge on any atom is -0.508 e. The van der Waals surface area contributed by atoms with Crippen molar-refractivity contribution < 1.29 is 10.2 Å². The molecule has 0 spiro atoms. The van der Waals surface area contributed by atoms with Crippen molar-refractivity contribution in [3.05, 3.63) is 29.8 Å². The molecule has 2 N–H and O–H groups in total. The fourth-order valence-corrected chi connectivity index (χ4v) is 2.04. The highest BCUT2D eigenvalue weighted by molar-refractivity contribution is 5.27. The third-order valence-electron chi connectivity index (χ3n) is 3.02. The van der Waals surface area contributed by atoms with Gasteiger partial charge < -0.3 is 10.2 Å². The van der Waals surface area contributed by atoms with Crippen molar-refractivity contribution in [3.8, 4) is 5.75 Å². The number of hydrogen-bond donors (Lipinski definition) is 2. The summed E-state index contributed by atoms with van der Waals surface area (Å²) in [6.07, 6.45) is 7.36. The van der Waals surface area contributed by atoms with Crippen LogP contribution < -0.4 is 0 Å². The third kappa shape index (κ3) is 6.32. The number of rotatable bonds is 8. The Bertz CT molecular complexity index is 310. The first kappa shape index (κ1) is 14.0. The van der Waals surface area contributed by atoms with Crippen molar-refractivity contribution in [1.82, 2.24) is 0 Å². The van der Waals surface area contributed by atoms with Gasteiger partial charge in [0.1, 0.15) is 5.75 Å². The molecule has 0 amide bonds. The van der Waals surface area contributed by atoms with E-state index in [4.69, 9.17) is 0 Å². The van der Waals surface area contributed by atoms with E-state index in [1.807, 2.05) is 12.1 Å². The summed E-state index contributed by atoms with van der Waals surface area (Å²) in [6, 6.07) is 7.14. The van der Waals surface area contributed by atoms with Gasteiger partial charge in [-0.1, -0.05) is 51.2 Å². The monoisotopic (exact) mass is 236 g/mol. The molecule has 0 saturated carbocycles. The van der Waals surface area contributed by atoms with E-state index >= 15 is 0 Å². The summed E-state index contributed by atoms with van der Waals surface area (Å²) in [5.74, 6) is 0.276. The molecule has 0 aliphatic rings. The summed E-state index contributed by atoms with van der Waals surface area (Å²) >= 11 is 0. The second-order valence-corrected chi connectivity index (χ2v) is 4.73. The maximum absolute atomic E-state index is 9.87. The zero-order chi connectivity index (χ0) is 12.5. The lowest BCUT2D eigenvalue weighted by atomic mass is 10.0. The second-order valence-electron chi connectivity index (χ2n) is 4.73. The van der Waals surface area contributed by atoms with Gasteiger partial charge in [0.2, 0.25) is 0 Å². The molecule has 0 heterocycles. The summed E-state index contributed by atoms with van der Waals surface area (Å²) in [5, 5.41) is 19.2. The zero-order valence-electron chi connectivity index (χ0n) is 10.7. The molecule has 0 fully saturated rings. The Balaban J connectivity index is 2.18. The van der Waals surface area contributed by atoms with Gasteiger partial charge in [0.15, 0.2) is 0 Å². The van der Waals surface area contributed by atoms with Crippen LogP contribution >= 0.6 is 0 Å². The third-order valence-corrected chi connectivity index (χ3v) is 3.02. The molecule has 1 rings (SSSR count). The Hall–Kier alpha value is -1.02. The minimum atomic E-state index is -0.279. The number of aromatic hydroxyl groups is 1. The Kier molecular flexibility index (Phi) is 6.71. The summed E-state index contributed by atoms with van der Waals surface area (Å²) in [4.78, 5) is 0. The zero-order valence-corrected chi connectivity index (χ0v) is 10.7. The Morgan fingerprint density at radius 3 is 2.59 bits per heavy atom. The van der Waals surface area contributed by atoms with Crippen LogP contribution in [0.5, 0.6) is 5.75 Å². The second kappa shape index (κ2) is 8.13. The van der Waals surface area contributed by atoms with Gasteiger partial charge >= 0.3 is 0 Å². The molecule has 96 valence electrons. The van der Waals surface area contributed by atoms with E-state index in [9.17, 15) is 10.2 Å². The minimum absolute atomic E-state index is 0.276. The molecule has 0 radical (unpaired) electrons. The maximum Gasteiger partial charge on any atom is 0.115 e. The van der Waals surface area contributed by atoms with Gasteiger partial charge in [-0.2, -0.15) is 0 Å². The van der Waals surface area contributed by atoms with E-state index in [2.05, 4.69) is 6.92 Å². The molecule has 0 aliphatic carbocycles. The Labute approximate surface area is 104 Å². The summed E-state index contributed by atoms with van der Waals surface area (Å²) < 4.78 is 0. The van der Waals surface area contributed by atoms with Crippen LogP contribution in [-0.2, 0) is 6.42 Å². The number of phenolic OH excluding ortho intramolecular Hbond substituents is 1. The van der Waals surface area contributed by atoms with E-state index in [0.29, 0.717) is 6.42 Å². The van der Waals surface area contributed by atoms with Crippen molar-refractivity contribution in [2.45, 2.75) is 58.0 Å². The van der Waals surface area contributed by atoms with Crippen LogP contribution in [0.4, 0.5) is 0 Å². The summed E-state index contributed by atoms with van der Waals surface area (Å²) in [7, 11) is 0. The average molecular weight is 236 g/mol. The normalized spacial score (nSPS) is 12.6. The topological polar surface area (TPSA) is 40.5 Å². The molecule has 1 atom stereocenters. The van der Waals surface area contributed by atoms with Crippen LogP contribution in [0.2, 0.25) is 0 Å². The van der Waals surface area contributed by atoms with Crippen molar-refractivity contribution in [1.29, 1.82) is 0 Å². The van der Waals surface area contributed by atoms with Crippen LogP contribution in [0.15, 0.2) is 24.3 Å². The number of unbranched alkanes of at least 4 members (excludes halogenated alkanes) is 4. The van der Waals surface area contributed by atoms with Crippen LogP contribution in [0.25, 0.3) is 0 Å². The quantitative estimate of drug-likeness (QED) is 0.676.